The summed E-state index contributed by atoms with van der Waals surface area (Å²) >= 11 is 0. The molecule has 5 nitrogen and oxygen atoms in total. The maximum atomic E-state index is 6.14. The Morgan fingerprint density at radius 1 is 1.25 bits per heavy atom. The highest BCUT2D eigenvalue weighted by molar-refractivity contribution is 14.0. The Hall–Kier alpha value is -0.860. The number of ether oxygens (including phenoxy) is 2. The number of likely N-dealkylation sites (N-methyl/N-ethyl adjacent to an activating group) is 1. The molecule has 0 bridgehead atoms. The van der Waals surface area contributed by atoms with Crippen molar-refractivity contribution in [2.45, 2.75) is 38.7 Å². The highest BCUT2D eigenvalue weighted by atomic mass is 127. The summed E-state index contributed by atoms with van der Waals surface area (Å²) in [5, 5.41) is 3.55. The maximum Gasteiger partial charge on any atom is 0.193 e. The van der Waals surface area contributed by atoms with E-state index in [2.05, 4.69) is 53.4 Å². The van der Waals surface area contributed by atoms with E-state index in [1.54, 1.807) is 0 Å². The molecule has 0 amide bonds. The van der Waals surface area contributed by atoms with Crippen LogP contribution in [0, 0.1) is 18.8 Å². The molecule has 2 aliphatic rings. The van der Waals surface area contributed by atoms with Gasteiger partial charge in [-0.1, -0.05) is 29.8 Å². The summed E-state index contributed by atoms with van der Waals surface area (Å²) in [5.74, 6) is 2.20. The monoisotopic (exact) mass is 501 g/mol. The average molecular weight is 501 g/mol. The van der Waals surface area contributed by atoms with E-state index in [4.69, 9.17) is 9.47 Å². The van der Waals surface area contributed by atoms with Crippen molar-refractivity contribution < 1.29 is 9.47 Å². The Kier molecular flexibility index (Phi) is 10.0. The number of rotatable bonds is 8. The van der Waals surface area contributed by atoms with Crippen LogP contribution in [0.15, 0.2) is 29.3 Å². The van der Waals surface area contributed by atoms with Crippen molar-refractivity contribution in [2.24, 2.45) is 16.8 Å². The predicted octanol–water partition coefficient (Wildman–Crippen LogP) is 4.01. The highest BCUT2D eigenvalue weighted by Gasteiger charge is 2.28. The van der Waals surface area contributed by atoms with Crippen molar-refractivity contribution in [1.29, 1.82) is 0 Å². The molecule has 1 heterocycles. The second kappa shape index (κ2) is 12.0. The van der Waals surface area contributed by atoms with E-state index in [9.17, 15) is 0 Å². The zero-order chi connectivity index (χ0) is 19.1. The molecule has 28 heavy (non-hydrogen) atoms. The van der Waals surface area contributed by atoms with Crippen LogP contribution in [0.1, 0.15) is 42.9 Å². The van der Waals surface area contributed by atoms with Gasteiger partial charge in [0, 0.05) is 46.3 Å². The molecule has 1 aromatic carbocycles. The van der Waals surface area contributed by atoms with E-state index in [1.165, 1.54) is 30.4 Å². The minimum absolute atomic E-state index is 0. The number of hydrogen-bond acceptors (Lipinski definition) is 3. The molecular weight excluding hydrogens is 465 g/mol. The van der Waals surface area contributed by atoms with Gasteiger partial charge in [-0.15, -0.1) is 24.0 Å². The molecule has 1 saturated carbocycles. The van der Waals surface area contributed by atoms with Crippen molar-refractivity contribution >= 4 is 29.9 Å². The molecule has 0 spiro atoms. The topological polar surface area (TPSA) is 46.1 Å². The van der Waals surface area contributed by atoms with Crippen LogP contribution in [0.5, 0.6) is 0 Å². The smallest absolute Gasteiger partial charge is 0.193 e. The van der Waals surface area contributed by atoms with Crippen LogP contribution in [-0.4, -0.2) is 57.9 Å². The van der Waals surface area contributed by atoms with Crippen molar-refractivity contribution in [3.63, 3.8) is 0 Å². The molecule has 2 fully saturated rings. The largest absolute Gasteiger partial charge is 0.379 e. The van der Waals surface area contributed by atoms with Crippen LogP contribution in [-0.2, 0) is 9.47 Å². The number of benzene rings is 1. The van der Waals surface area contributed by atoms with Crippen molar-refractivity contribution in [1.82, 2.24) is 10.2 Å². The van der Waals surface area contributed by atoms with Gasteiger partial charge in [0.1, 0.15) is 0 Å². The SMILES string of the molecule is CN=C(NCC1CCCOC1c1ccc(C)cc1)N(C)CCOCC1CC1.I. The Bertz CT molecular complexity index is 604. The molecule has 2 atom stereocenters. The van der Waals surface area contributed by atoms with E-state index in [0.717, 1.165) is 51.2 Å². The molecule has 0 aromatic heterocycles. The standard InChI is InChI=1S/C22H35N3O2.HI/c1-17-6-10-19(11-7-17)21-20(5-4-13-27-21)15-24-22(23-2)25(3)12-14-26-16-18-8-9-18;/h6-7,10-11,18,20-21H,4-5,8-9,12-16H2,1-3H3,(H,23,24);1H. The molecule has 1 aliphatic carbocycles. The van der Waals surface area contributed by atoms with Gasteiger partial charge in [0.2, 0.25) is 0 Å². The fourth-order valence-electron chi connectivity index (χ4n) is 3.63. The first-order valence-electron chi connectivity index (χ1n) is 10.3. The number of hydrogen-bond donors (Lipinski definition) is 1. The van der Waals surface area contributed by atoms with Gasteiger partial charge in [0.15, 0.2) is 5.96 Å². The van der Waals surface area contributed by atoms with Crippen molar-refractivity contribution in [3.8, 4) is 0 Å². The van der Waals surface area contributed by atoms with Crippen LogP contribution >= 0.6 is 24.0 Å². The van der Waals surface area contributed by atoms with E-state index in [1.807, 2.05) is 7.05 Å². The minimum atomic E-state index is 0. The lowest BCUT2D eigenvalue weighted by atomic mass is 9.89. The molecule has 3 rings (SSSR count). The van der Waals surface area contributed by atoms with E-state index in [-0.39, 0.29) is 30.1 Å². The molecule has 2 unspecified atom stereocenters. The van der Waals surface area contributed by atoms with Gasteiger partial charge in [-0.3, -0.25) is 4.99 Å². The Morgan fingerprint density at radius 2 is 2.00 bits per heavy atom. The third kappa shape index (κ3) is 7.19. The Morgan fingerprint density at radius 3 is 2.68 bits per heavy atom. The van der Waals surface area contributed by atoms with E-state index in [0.29, 0.717) is 5.92 Å². The molecule has 0 radical (unpaired) electrons. The second-order valence-corrected chi connectivity index (χ2v) is 7.97. The van der Waals surface area contributed by atoms with Crippen LogP contribution in [0.2, 0.25) is 0 Å². The molecular formula is C22H36IN3O2. The lowest BCUT2D eigenvalue weighted by Gasteiger charge is -2.33. The fraction of sp³-hybridized carbons (Fsp3) is 0.682. The first-order chi connectivity index (χ1) is 13.2. The fourth-order valence-corrected chi connectivity index (χ4v) is 3.63. The van der Waals surface area contributed by atoms with Crippen molar-refractivity contribution in [3.05, 3.63) is 35.4 Å². The Labute approximate surface area is 187 Å². The number of nitrogens with zero attached hydrogens (tertiary/aromatic N) is 2. The third-order valence-corrected chi connectivity index (χ3v) is 5.57. The average Bonchev–Trinajstić information content (AvgIpc) is 3.51. The van der Waals surface area contributed by atoms with Crippen LogP contribution in [0.4, 0.5) is 0 Å². The van der Waals surface area contributed by atoms with Gasteiger partial charge in [0.05, 0.1) is 12.7 Å². The van der Waals surface area contributed by atoms with E-state index < -0.39 is 0 Å². The first-order valence-corrected chi connectivity index (χ1v) is 10.3. The summed E-state index contributed by atoms with van der Waals surface area (Å²) in [6, 6.07) is 8.76. The summed E-state index contributed by atoms with van der Waals surface area (Å²) < 4.78 is 11.9. The zero-order valence-corrected chi connectivity index (χ0v) is 19.9. The summed E-state index contributed by atoms with van der Waals surface area (Å²) in [7, 11) is 3.92. The summed E-state index contributed by atoms with van der Waals surface area (Å²) in [6.45, 7) is 6.37. The number of halogens is 1. The zero-order valence-electron chi connectivity index (χ0n) is 17.5. The van der Waals surface area contributed by atoms with Gasteiger partial charge in [-0.2, -0.15) is 0 Å². The van der Waals surface area contributed by atoms with Gasteiger partial charge < -0.3 is 19.7 Å². The summed E-state index contributed by atoms with van der Waals surface area (Å²) in [5.41, 5.74) is 2.57. The lowest BCUT2D eigenvalue weighted by molar-refractivity contribution is -0.0266. The lowest BCUT2D eigenvalue weighted by Crippen LogP contribution is -2.44. The number of aliphatic imine (C=N–C) groups is 1. The quantitative estimate of drug-likeness (QED) is 0.253. The Balaban J connectivity index is 0.00000280. The van der Waals surface area contributed by atoms with E-state index >= 15 is 0 Å². The third-order valence-electron chi connectivity index (χ3n) is 5.57. The maximum absolute atomic E-state index is 6.14. The molecule has 1 aromatic rings. The van der Waals surface area contributed by atoms with Gasteiger partial charge in [-0.25, -0.2) is 0 Å². The highest BCUT2D eigenvalue weighted by Crippen LogP contribution is 2.33. The number of aryl methyl sites for hydroxylation is 1. The molecule has 158 valence electrons. The minimum Gasteiger partial charge on any atom is -0.379 e. The van der Waals surface area contributed by atoms with Gasteiger partial charge >= 0.3 is 0 Å². The number of guanidine groups is 1. The predicted molar refractivity (Wildman–Crippen MR) is 126 cm³/mol. The molecule has 1 N–H and O–H groups in total. The van der Waals surface area contributed by atoms with Crippen LogP contribution in [0.3, 0.4) is 0 Å². The van der Waals surface area contributed by atoms with Crippen LogP contribution < -0.4 is 5.32 Å². The van der Waals surface area contributed by atoms with Crippen molar-refractivity contribution in [2.75, 3.05) is 47.0 Å². The van der Waals surface area contributed by atoms with Gasteiger partial charge in [0.25, 0.3) is 0 Å². The molecule has 1 aliphatic heterocycles. The molecule has 6 heteroatoms. The second-order valence-electron chi connectivity index (χ2n) is 7.97. The summed E-state index contributed by atoms with van der Waals surface area (Å²) in [6.07, 6.45) is 5.14. The van der Waals surface area contributed by atoms with Gasteiger partial charge in [-0.05, 0) is 44.1 Å². The normalized spacial score (nSPS) is 22.5. The number of nitrogens with one attached hydrogen (secondary N) is 1. The first kappa shape index (κ1) is 23.4. The molecule has 1 saturated heterocycles. The van der Waals surface area contributed by atoms with Crippen LogP contribution in [0.25, 0.3) is 0 Å². The summed E-state index contributed by atoms with van der Waals surface area (Å²) in [4.78, 5) is 6.59.